The normalized spacial score (nSPS) is 12.4. The highest BCUT2D eigenvalue weighted by atomic mass is 35.5. The zero-order valence-corrected chi connectivity index (χ0v) is 22.2. The van der Waals surface area contributed by atoms with Gasteiger partial charge in [-0.15, -0.1) is 0 Å². The molecule has 0 aliphatic carbocycles. The summed E-state index contributed by atoms with van der Waals surface area (Å²) in [7, 11) is 1.52. The summed E-state index contributed by atoms with van der Waals surface area (Å²) in [5.41, 5.74) is 3.13. The van der Waals surface area contributed by atoms with E-state index in [1.165, 1.54) is 37.0 Å². The lowest BCUT2D eigenvalue weighted by Gasteiger charge is -2.16. The van der Waals surface area contributed by atoms with E-state index in [2.05, 4.69) is 30.2 Å². The molecule has 5 heterocycles. The number of anilines is 1. The first kappa shape index (κ1) is 25.0. The van der Waals surface area contributed by atoms with E-state index in [1.54, 1.807) is 24.0 Å². The molecular weight excluding hydrogens is 537 g/mol. The van der Waals surface area contributed by atoms with Crippen molar-refractivity contribution in [3.63, 3.8) is 0 Å². The Morgan fingerprint density at radius 2 is 1.84 bits per heavy atom. The fraction of sp³-hybridized carbons (Fsp3) is 0.208. The van der Waals surface area contributed by atoms with Gasteiger partial charge < -0.3 is 9.64 Å². The number of pyridine rings is 2. The van der Waals surface area contributed by atoms with E-state index in [9.17, 15) is 9.59 Å². The molecule has 0 saturated carbocycles. The van der Waals surface area contributed by atoms with Gasteiger partial charge in [0.05, 0.1) is 53.8 Å². The van der Waals surface area contributed by atoms with Crippen LogP contribution in [0.1, 0.15) is 42.9 Å². The Morgan fingerprint density at radius 1 is 1.03 bits per heavy atom. The monoisotopic (exact) mass is 555 g/mol. The summed E-state index contributed by atoms with van der Waals surface area (Å²) in [6, 6.07) is 3.43. The first-order chi connectivity index (χ1) is 17.7. The van der Waals surface area contributed by atoms with Gasteiger partial charge in [-0.25, -0.2) is 19.9 Å². The molecule has 0 saturated heterocycles. The van der Waals surface area contributed by atoms with Crippen molar-refractivity contribution < 1.29 is 14.3 Å². The van der Waals surface area contributed by atoms with Gasteiger partial charge in [-0.1, -0.05) is 34.5 Å². The molecule has 37 heavy (non-hydrogen) atoms. The van der Waals surface area contributed by atoms with Gasteiger partial charge in [0.25, 0.3) is 11.8 Å². The minimum atomic E-state index is -0.388. The van der Waals surface area contributed by atoms with E-state index < -0.39 is 0 Å². The molecule has 4 aromatic heterocycles. The van der Waals surface area contributed by atoms with Crippen molar-refractivity contribution in [3.8, 4) is 16.9 Å². The third-order valence-corrected chi connectivity index (χ3v) is 7.14. The van der Waals surface area contributed by atoms with Gasteiger partial charge in [-0.05, 0) is 26.0 Å². The van der Waals surface area contributed by atoms with Crippen molar-refractivity contribution in [1.29, 1.82) is 0 Å². The number of methoxy groups -OCH3 is 1. The molecule has 1 aliphatic rings. The van der Waals surface area contributed by atoms with Gasteiger partial charge in [0, 0.05) is 23.0 Å². The Hall–Kier alpha value is -3.67. The number of carbonyl (C=O) groups excluding carboxylic acids is 2. The number of carbonyl (C=O) groups is 2. The Kier molecular flexibility index (Phi) is 6.76. The predicted molar refractivity (Wildman–Crippen MR) is 139 cm³/mol. The fourth-order valence-electron chi connectivity index (χ4n) is 3.91. The number of aryl methyl sites for hydroxylation is 2. The molecule has 0 spiro atoms. The van der Waals surface area contributed by atoms with Crippen LogP contribution in [0.15, 0.2) is 30.7 Å². The first-order valence-corrected chi connectivity index (χ1v) is 12.6. The topological polar surface area (TPSA) is 123 Å². The maximum atomic E-state index is 13.3. The van der Waals surface area contributed by atoms with E-state index in [0.717, 1.165) is 10.6 Å². The van der Waals surface area contributed by atoms with Crippen molar-refractivity contribution in [3.05, 3.63) is 74.2 Å². The molecule has 0 bridgehead atoms. The van der Waals surface area contributed by atoms with Gasteiger partial charge in [-0.2, -0.15) is 0 Å². The molecule has 0 atom stereocenters. The van der Waals surface area contributed by atoms with Crippen molar-refractivity contribution >= 4 is 51.5 Å². The van der Waals surface area contributed by atoms with Crippen molar-refractivity contribution in [2.75, 3.05) is 12.4 Å². The summed E-state index contributed by atoms with van der Waals surface area (Å²) in [4.78, 5) is 49.8. The summed E-state index contributed by atoms with van der Waals surface area (Å²) in [6.45, 7) is 4.14. The Morgan fingerprint density at radius 3 is 2.59 bits per heavy atom. The van der Waals surface area contributed by atoms with E-state index in [1.807, 2.05) is 6.92 Å². The Balaban J connectivity index is 1.36. The van der Waals surface area contributed by atoms with Crippen LogP contribution in [0.2, 0.25) is 10.2 Å². The molecule has 5 rings (SSSR count). The minimum absolute atomic E-state index is 0.156. The zero-order chi connectivity index (χ0) is 26.3. The van der Waals surface area contributed by atoms with Crippen LogP contribution >= 0.6 is 34.5 Å². The lowest BCUT2D eigenvalue weighted by Crippen LogP contribution is -2.27. The third kappa shape index (κ3) is 4.97. The molecule has 1 aliphatic heterocycles. The van der Waals surface area contributed by atoms with Crippen LogP contribution in [0.4, 0.5) is 5.13 Å². The van der Waals surface area contributed by atoms with E-state index >= 15 is 0 Å². The van der Waals surface area contributed by atoms with Crippen LogP contribution in [0.25, 0.3) is 11.1 Å². The number of thiazole rings is 1. The number of nitrogens with one attached hydrogen (secondary N) is 1. The quantitative estimate of drug-likeness (QED) is 0.350. The second kappa shape index (κ2) is 10.0. The number of amides is 2. The predicted octanol–water partition coefficient (Wildman–Crippen LogP) is 4.73. The average Bonchev–Trinajstić information content (AvgIpc) is 3.43. The number of hydrogen-bond donors (Lipinski definition) is 1. The van der Waals surface area contributed by atoms with Crippen molar-refractivity contribution in [2.45, 2.75) is 26.9 Å². The van der Waals surface area contributed by atoms with E-state index in [4.69, 9.17) is 27.9 Å². The van der Waals surface area contributed by atoms with Crippen LogP contribution in [0.3, 0.4) is 0 Å². The molecule has 13 heteroatoms. The van der Waals surface area contributed by atoms with Gasteiger partial charge in [0.2, 0.25) is 0 Å². The van der Waals surface area contributed by atoms with Crippen LogP contribution in [0.5, 0.6) is 5.75 Å². The average molecular weight is 556 g/mol. The molecular formula is C24H19Cl2N7O3S. The number of hydrogen-bond acceptors (Lipinski definition) is 9. The van der Waals surface area contributed by atoms with Gasteiger partial charge in [0.15, 0.2) is 10.8 Å². The Bertz CT molecular complexity index is 1540. The van der Waals surface area contributed by atoms with Gasteiger partial charge in [0.1, 0.15) is 16.7 Å². The van der Waals surface area contributed by atoms with E-state index in [-0.39, 0.29) is 34.2 Å². The third-order valence-electron chi connectivity index (χ3n) is 5.66. The van der Waals surface area contributed by atoms with E-state index in [0.29, 0.717) is 45.6 Å². The molecule has 10 nitrogen and oxygen atoms in total. The highest BCUT2D eigenvalue weighted by Gasteiger charge is 2.30. The van der Waals surface area contributed by atoms with Crippen LogP contribution in [-0.2, 0) is 13.1 Å². The fourth-order valence-corrected chi connectivity index (χ4v) is 5.22. The van der Waals surface area contributed by atoms with Crippen LogP contribution in [0, 0.1) is 13.8 Å². The van der Waals surface area contributed by atoms with Crippen LogP contribution < -0.4 is 10.1 Å². The summed E-state index contributed by atoms with van der Waals surface area (Å²) in [6.07, 6.45) is 4.42. The standard InChI is InChI=1S/C24H19Cl2N7O3S/c1-11-4-13(14-5-20(26)29-8-18(14)36-3)15(6-27-11)22(34)32-24-31-17-9-33(10-19(17)37-24)23(35)21-16(25)7-28-12(2)30-21/h4-8H,9-10H2,1-3H3,(H,31,32,34). The zero-order valence-electron chi connectivity index (χ0n) is 19.9. The largest absolute Gasteiger partial charge is 0.494 e. The summed E-state index contributed by atoms with van der Waals surface area (Å²) in [5, 5.41) is 3.74. The number of nitrogens with zero attached hydrogens (tertiary/aromatic N) is 6. The molecule has 2 amide bonds. The molecule has 188 valence electrons. The van der Waals surface area contributed by atoms with Crippen LogP contribution in [-0.4, -0.2) is 48.7 Å². The van der Waals surface area contributed by atoms with Crippen molar-refractivity contribution in [1.82, 2.24) is 29.8 Å². The summed E-state index contributed by atoms with van der Waals surface area (Å²) in [5.74, 6) is 0.246. The summed E-state index contributed by atoms with van der Waals surface area (Å²) < 4.78 is 5.43. The lowest BCUT2D eigenvalue weighted by molar-refractivity contribution is 0.0744. The molecule has 0 aromatic carbocycles. The highest BCUT2D eigenvalue weighted by Crippen LogP contribution is 2.35. The molecule has 0 fully saturated rings. The number of aromatic nitrogens is 5. The smallest absolute Gasteiger partial charge is 0.274 e. The number of fused-ring (bicyclic) bond motifs is 1. The molecule has 0 unspecified atom stereocenters. The second-order valence-electron chi connectivity index (χ2n) is 8.20. The Labute approximate surface area is 225 Å². The molecule has 0 radical (unpaired) electrons. The summed E-state index contributed by atoms with van der Waals surface area (Å²) >= 11 is 13.6. The number of ether oxygens (including phenoxy) is 1. The molecule has 1 N–H and O–H groups in total. The maximum Gasteiger partial charge on any atom is 0.274 e. The highest BCUT2D eigenvalue weighted by molar-refractivity contribution is 7.16. The van der Waals surface area contributed by atoms with Gasteiger partial charge >= 0.3 is 0 Å². The van der Waals surface area contributed by atoms with Gasteiger partial charge in [-0.3, -0.25) is 19.9 Å². The lowest BCUT2D eigenvalue weighted by atomic mass is 10.0. The first-order valence-electron chi connectivity index (χ1n) is 11.0. The van der Waals surface area contributed by atoms with Crippen molar-refractivity contribution in [2.24, 2.45) is 0 Å². The second-order valence-corrected chi connectivity index (χ2v) is 10.1. The number of rotatable bonds is 5. The SMILES string of the molecule is COc1cnc(Cl)cc1-c1cc(C)ncc1C(=O)Nc1nc2c(s1)CN(C(=O)c1nc(C)ncc1Cl)C2. The maximum absolute atomic E-state index is 13.3. The number of halogens is 2. The minimum Gasteiger partial charge on any atom is -0.494 e. The molecule has 4 aromatic rings.